The molecule has 0 aromatic heterocycles. The molecule has 0 saturated heterocycles. The van der Waals surface area contributed by atoms with Gasteiger partial charge in [0.05, 0.1) is 17.2 Å². The normalized spacial score (nSPS) is 10.4. The van der Waals surface area contributed by atoms with Crippen LogP contribution in [0, 0.1) is 0 Å². The number of rotatable bonds is 2. The van der Waals surface area contributed by atoms with Crippen LogP contribution < -0.4 is 4.74 Å². The SMILES string of the molecule is COc1cc(Cl)ccc1-c1ccc(Cl)c(Cl)c1. The molecule has 0 amide bonds. The third-order valence-electron chi connectivity index (χ3n) is 2.39. The van der Waals surface area contributed by atoms with Crippen molar-refractivity contribution in [2.45, 2.75) is 0 Å². The Kier molecular flexibility index (Phi) is 3.82. The number of ether oxygens (including phenoxy) is 1. The average Bonchev–Trinajstić information content (AvgIpc) is 2.32. The van der Waals surface area contributed by atoms with E-state index in [1.54, 1.807) is 25.3 Å². The van der Waals surface area contributed by atoms with Crippen LogP contribution in [0.4, 0.5) is 0 Å². The summed E-state index contributed by atoms with van der Waals surface area (Å²) in [7, 11) is 1.60. The molecule has 0 heterocycles. The van der Waals surface area contributed by atoms with Crippen molar-refractivity contribution in [3.63, 3.8) is 0 Å². The van der Waals surface area contributed by atoms with Crippen LogP contribution in [-0.2, 0) is 0 Å². The fourth-order valence-corrected chi connectivity index (χ4v) is 2.03. The summed E-state index contributed by atoms with van der Waals surface area (Å²) in [5.41, 5.74) is 1.86. The highest BCUT2D eigenvalue weighted by Crippen LogP contribution is 2.35. The molecular formula is C13H9Cl3O. The zero-order chi connectivity index (χ0) is 12.4. The third kappa shape index (κ3) is 2.68. The minimum atomic E-state index is 0.515. The van der Waals surface area contributed by atoms with Gasteiger partial charge in [0.2, 0.25) is 0 Å². The van der Waals surface area contributed by atoms with Gasteiger partial charge in [-0.2, -0.15) is 0 Å². The highest BCUT2D eigenvalue weighted by atomic mass is 35.5. The minimum absolute atomic E-state index is 0.515. The first-order valence-electron chi connectivity index (χ1n) is 4.91. The molecule has 0 bridgehead atoms. The van der Waals surface area contributed by atoms with Gasteiger partial charge in [-0.25, -0.2) is 0 Å². The number of benzene rings is 2. The molecule has 0 N–H and O–H groups in total. The molecule has 88 valence electrons. The predicted octanol–water partition coefficient (Wildman–Crippen LogP) is 5.32. The van der Waals surface area contributed by atoms with Crippen molar-refractivity contribution in [3.8, 4) is 16.9 Å². The Balaban J connectivity index is 2.55. The van der Waals surface area contributed by atoms with Gasteiger partial charge in [0.15, 0.2) is 0 Å². The Morgan fingerprint density at radius 2 is 1.65 bits per heavy atom. The quantitative estimate of drug-likeness (QED) is 0.726. The molecule has 0 fully saturated rings. The van der Waals surface area contributed by atoms with Crippen LogP contribution in [0.25, 0.3) is 11.1 Å². The van der Waals surface area contributed by atoms with Crippen LogP contribution in [0.3, 0.4) is 0 Å². The maximum atomic E-state index is 5.99. The smallest absolute Gasteiger partial charge is 0.128 e. The van der Waals surface area contributed by atoms with Crippen molar-refractivity contribution < 1.29 is 4.74 Å². The van der Waals surface area contributed by atoms with E-state index in [4.69, 9.17) is 39.5 Å². The lowest BCUT2D eigenvalue weighted by molar-refractivity contribution is 0.416. The van der Waals surface area contributed by atoms with Gasteiger partial charge in [0, 0.05) is 10.6 Å². The first kappa shape index (κ1) is 12.6. The molecule has 0 saturated carbocycles. The van der Waals surface area contributed by atoms with Crippen LogP contribution in [0.5, 0.6) is 5.75 Å². The average molecular weight is 288 g/mol. The highest BCUT2D eigenvalue weighted by molar-refractivity contribution is 6.42. The Bertz CT molecular complexity index is 552. The van der Waals surface area contributed by atoms with E-state index in [-0.39, 0.29) is 0 Å². The number of hydrogen-bond donors (Lipinski definition) is 0. The topological polar surface area (TPSA) is 9.23 Å². The molecule has 0 unspecified atom stereocenters. The second kappa shape index (κ2) is 5.18. The molecule has 0 radical (unpaired) electrons. The molecule has 2 rings (SSSR count). The summed E-state index contributed by atoms with van der Waals surface area (Å²) in [6.07, 6.45) is 0. The van der Waals surface area contributed by atoms with Crippen LogP contribution in [0.15, 0.2) is 36.4 Å². The second-order valence-corrected chi connectivity index (χ2v) is 4.72. The maximum absolute atomic E-state index is 5.99. The van der Waals surface area contributed by atoms with Crippen LogP contribution in [0.1, 0.15) is 0 Å². The Morgan fingerprint density at radius 3 is 2.29 bits per heavy atom. The second-order valence-electron chi connectivity index (χ2n) is 3.47. The van der Waals surface area contributed by atoms with E-state index in [1.807, 2.05) is 18.2 Å². The van der Waals surface area contributed by atoms with Crippen LogP contribution in [-0.4, -0.2) is 7.11 Å². The van der Waals surface area contributed by atoms with Crippen molar-refractivity contribution in [2.75, 3.05) is 7.11 Å². The van der Waals surface area contributed by atoms with Gasteiger partial charge in [-0.3, -0.25) is 0 Å². The third-order valence-corrected chi connectivity index (χ3v) is 3.37. The monoisotopic (exact) mass is 286 g/mol. The number of methoxy groups -OCH3 is 1. The van der Waals surface area contributed by atoms with Gasteiger partial charge in [0.1, 0.15) is 5.75 Å². The minimum Gasteiger partial charge on any atom is -0.496 e. The first-order chi connectivity index (χ1) is 8.11. The summed E-state index contributed by atoms with van der Waals surface area (Å²) < 4.78 is 5.29. The molecule has 17 heavy (non-hydrogen) atoms. The Hall–Kier alpha value is -0.890. The molecule has 0 aliphatic rings. The molecule has 1 nitrogen and oxygen atoms in total. The van der Waals surface area contributed by atoms with Crippen LogP contribution in [0.2, 0.25) is 15.1 Å². The summed E-state index contributed by atoms with van der Waals surface area (Å²) in [5.74, 6) is 0.705. The standard InChI is InChI=1S/C13H9Cl3O/c1-17-13-7-9(14)3-4-10(13)8-2-5-11(15)12(16)6-8/h2-7H,1H3. The van der Waals surface area contributed by atoms with E-state index < -0.39 is 0 Å². The fourth-order valence-electron chi connectivity index (χ4n) is 1.57. The van der Waals surface area contributed by atoms with E-state index in [0.717, 1.165) is 11.1 Å². The summed E-state index contributed by atoms with van der Waals surface area (Å²) in [5, 5.41) is 1.68. The molecule has 0 spiro atoms. The molecule has 2 aromatic carbocycles. The van der Waals surface area contributed by atoms with Crippen molar-refractivity contribution >= 4 is 34.8 Å². The van der Waals surface area contributed by atoms with Gasteiger partial charge < -0.3 is 4.74 Å². The highest BCUT2D eigenvalue weighted by Gasteiger charge is 2.08. The lowest BCUT2D eigenvalue weighted by Gasteiger charge is -2.09. The zero-order valence-corrected chi connectivity index (χ0v) is 11.3. The van der Waals surface area contributed by atoms with E-state index in [0.29, 0.717) is 20.8 Å². The van der Waals surface area contributed by atoms with Crippen LogP contribution >= 0.6 is 34.8 Å². The van der Waals surface area contributed by atoms with E-state index in [9.17, 15) is 0 Å². The fraction of sp³-hybridized carbons (Fsp3) is 0.0769. The van der Waals surface area contributed by atoms with Crippen molar-refractivity contribution in [1.29, 1.82) is 0 Å². The lowest BCUT2D eigenvalue weighted by atomic mass is 10.0. The molecule has 0 aliphatic carbocycles. The summed E-state index contributed by atoms with van der Waals surface area (Å²) in [6.45, 7) is 0. The van der Waals surface area contributed by atoms with Gasteiger partial charge in [-0.15, -0.1) is 0 Å². The Morgan fingerprint density at radius 1 is 0.882 bits per heavy atom. The lowest BCUT2D eigenvalue weighted by Crippen LogP contribution is -1.88. The summed E-state index contributed by atoms with van der Waals surface area (Å²) in [6, 6.07) is 10.9. The molecule has 0 aliphatic heterocycles. The van der Waals surface area contributed by atoms with E-state index in [1.165, 1.54) is 0 Å². The first-order valence-corrected chi connectivity index (χ1v) is 6.04. The predicted molar refractivity (Wildman–Crippen MR) is 73.5 cm³/mol. The van der Waals surface area contributed by atoms with Gasteiger partial charge in [-0.1, -0.05) is 40.9 Å². The van der Waals surface area contributed by atoms with Crippen molar-refractivity contribution in [2.24, 2.45) is 0 Å². The number of hydrogen-bond acceptors (Lipinski definition) is 1. The summed E-state index contributed by atoms with van der Waals surface area (Å²) >= 11 is 17.8. The zero-order valence-electron chi connectivity index (χ0n) is 9.01. The molecule has 0 atom stereocenters. The number of halogens is 3. The van der Waals surface area contributed by atoms with Gasteiger partial charge >= 0.3 is 0 Å². The van der Waals surface area contributed by atoms with E-state index >= 15 is 0 Å². The van der Waals surface area contributed by atoms with Gasteiger partial charge in [0.25, 0.3) is 0 Å². The van der Waals surface area contributed by atoms with Crippen molar-refractivity contribution in [1.82, 2.24) is 0 Å². The molecular weight excluding hydrogens is 279 g/mol. The maximum Gasteiger partial charge on any atom is 0.128 e. The Labute approximate surface area is 115 Å². The van der Waals surface area contributed by atoms with Crippen molar-refractivity contribution in [3.05, 3.63) is 51.5 Å². The largest absolute Gasteiger partial charge is 0.496 e. The molecule has 4 heteroatoms. The van der Waals surface area contributed by atoms with Gasteiger partial charge in [-0.05, 0) is 35.9 Å². The van der Waals surface area contributed by atoms with E-state index in [2.05, 4.69) is 0 Å². The summed E-state index contributed by atoms with van der Waals surface area (Å²) in [4.78, 5) is 0. The molecule has 2 aromatic rings.